The van der Waals surface area contributed by atoms with Gasteiger partial charge in [0.1, 0.15) is 11.6 Å². The number of anilines is 3. The van der Waals surface area contributed by atoms with Crippen LogP contribution in [0.4, 0.5) is 17.3 Å². The number of nitrogens with one attached hydrogen (secondary N) is 2. The van der Waals surface area contributed by atoms with Crippen molar-refractivity contribution in [3.8, 4) is 0 Å². The standard InChI is InChI=1S/C18H20BrN5O2S/c19-15-11-20-24-17(22-13-6-8-14(9-7-13)27(25)26)10-16(23-18(15)24)21-12-4-2-1-3-5-12/h6-12,22H,1-5H2,(H,21,23)(H,25,26). The maximum Gasteiger partial charge on any atom is 0.186 e. The highest BCUT2D eigenvalue weighted by Gasteiger charge is 2.16. The first-order valence-electron chi connectivity index (χ1n) is 8.89. The Kier molecular flexibility index (Phi) is 5.42. The second kappa shape index (κ2) is 7.95. The zero-order valence-electron chi connectivity index (χ0n) is 14.6. The van der Waals surface area contributed by atoms with E-state index in [1.165, 1.54) is 19.3 Å². The highest BCUT2D eigenvalue weighted by Crippen LogP contribution is 2.27. The van der Waals surface area contributed by atoms with E-state index in [-0.39, 0.29) is 0 Å². The van der Waals surface area contributed by atoms with Crippen LogP contribution in [0.2, 0.25) is 0 Å². The quantitative estimate of drug-likeness (QED) is 0.494. The molecule has 4 rings (SSSR count). The normalized spacial score (nSPS) is 16.4. The number of aromatic nitrogens is 3. The van der Waals surface area contributed by atoms with Gasteiger partial charge in [-0.2, -0.15) is 9.61 Å². The molecule has 0 saturated heterocycles. The minimum atomic E-state index is -1.98. The fourth-order valence-corrected chi connectivity index (χ4v) is 4.07. The molecule has 1 atom stereocenters. The second-order valence-corrected chi connectivity index (χ2v) is 8.46. The minimum Gasteiger partial charge on any atom is -0.367 e. The maximum absolute atomic E-state index is 11.1. The van der Waals surface area contributed by atoms with Crippen LogP contribution in [0.5, 0.6) is 0 Å². The van der Waals surface area contributed by atoms with E-state index in [4.69, 9.17) is 9.54 Å². The van der Waals surface area contributed by atoms with Crippen molar-refractivity contribution in [3.05, 3.63) is 41.0 Å². The molecule has 0 aliphatic heterocycles. The van der Waals surface area contributed by atoms with Crippen molar-refractivity contribution >= 4 is 50.0 Å². The Morgan fingerprint density at radius 2 is 1.93 bits per heavy atom. The van der Waals surface area contributed by atoms with Crippen LogP contribution in [-0.2, 0) is 11.1 Å². The molecule has 0 spiro atoms. The number of nitrogens with zero attached hydrogens (tertiary/aromatic N) is 3. The van der Waals surface area contributed by atoms with E-state index in [1.807, 2.05) is 6.07 Å². The summed E-state index contributed by atoms with van der Waals surface area (Å²) >= 11 is 1.53. The Morgan fingerprint density at radius 1 is 1.19 bits per heavy atom. The molecule has 142 valence electrons. The molecular formula is C18H20BrN5O2S. The van der Waals surface area contributed by atoms with Crippen LogP contribution < -0.4 is 10.6 Å². The third-order valence-corrected chi connectivity index (χ3v) is 5.95. The Labute approximate surface area is 168 Å². The van der Waals surface area contributed by atoms with Gasteiger partial charge >= 0.3 is 0 Å². The van der Waals surface area contributed by atoms with Gasteiger partial charge in [-0.15, -0.1) is 0 Å². The lowest BCUT2D eigenvalue weighted by Gasteiger charge is -2.23. The smallest absolute Gasteiger partial charge is 0.186 e. The van der Waals surface area contributed by atoms with Crippen LogP contribution in [0.25, 0.3) is 5.65 Å². The molecule has 1 aliphatic carbocycles. The van der Waals surface area contributed by atoms with Gasteiger partial charge in [-0.3, -0.25) is 0 Å². The van der Waals surface area contributed by atoms with Gasteiger partial charge in [-0.1, -0.05) is 19.3 Å². The number of benzene rings is 1. The predicted octanol–water partition coefficient (Wildman–Crippen LogP) is 4.56. The van der Waals surface area contributed by atoms with E-state index in [1.54, 1.807) is 35.0 Å². The van der Waals surface area contributed by atoms with Crippen LogP contribution >= 0.6 is 15.9 Å². The van der Waals surface area contributed by atoms with E-state index >= 15 is 0 Å². The monoisotopic (exact) mass is 449 g/mol. The molecular weight excluding hydrogens is 430 g/mol. The summed E-state index contributed by atoms with van der Waals surface area (Å²) in [5.41, 5.74) is 1.53. The molecule has 9 heteroatoms. The maximum atomic E-state index is 11.1. The topological polar surface area (TPSA) is 91.5 Å². The average Bonchev–Trinajstić information content (AvgIpc) is 3.04. The van der Waals surface area contributed by atoms with E-state index in [0.29, 0.717) is 10.9 Å². The summed E-state index contributed by atoms with van der Waals surface area (Å²) in [5.74, 6) is 1.58. The van der Waals surface area contributed by atoms with Gasteiger partial charge in [0, 0.05) is 17.8 Å². The first-order chi connectivity index (χ1) is 13.1. The van der Waals surface area contributed by atoms with Crippen LogP contribution in [0.3, 0.4) is 0 Å². The summed E-state index contributed by atoms with van der Waals surface area (Å²) in [7, 11) is 0. The van der Waals surface area contributed by atoms with Crippen LogP contribution in [0.1, 0.15) is 32.1 Å². The van der Waals surface area contributed by atoms with Crippen LogP contribution in [0, 0.1) is 0 Å². The lowest BCUT2D eigenvalue weighted by molar-refractivity contribution is 0.462. The van der Waals surface area contributed by atoms with Gasteiger partial charge < -0.3 is 15.2 Å². The molecule has 0 amide bonds. The number of hydrogen-bond donors (Lipinski definition) is 3. The third-order valence-electron chi connectivity index (χ3n) is 4.71. The van der Waals surface area contributed by atoms with Crippen molar-refractivity contribution in [2.75, 3.05) is 10.6 Å². The summed E-state index contributed by atoms with van der Waals surface area (Å²) in [6.07, 6.45) is 7.85. The van der Waals surface area contributed by atoms with E-state index in [9.17, 15) is 4.21 Å². The van der Waals surface area contributed by atoms with Gasteiger partial charge in [0.2, 0.25) is 0 Å². The molecule has 1 aromatic carbocycles. The molecule has 3 aromatic rings. The van der Waals surface area contributed by atoms with Gasteiger partial charge in [0.15, 0.2) is 16.7 Å². The molecule has 0 radical (unpaired) electrons. The molecule has 7 nitrogen and oxygen atoms in total. The number of rotatable bonds is 5. The highest BCUT2D eigenvalue weighted by molar-refractivity contribution is 9.10. The molecule has 27 heavy (non-hydrogen) atoms. The fraction of sp³-hybridized carbons (Fsp3) is 0.333. The summed E-state index contributed by atoms with van der Waals surface area (Å²) in [6.45, 7) is 0. The van der Waals surface area contributed by atoms with Crippen molar-refractivity contribution in [1.29, 1.82) is 0 Å². The van der Waals surface area contributed by atoms with E-state index in [2.05, 4.69) is 31.7 Å². The van der Waals surface area contributed by atoms with Gasteiger partial charge in [-0.25, -0.2) is 9.19 Å². The Hall–Kier alpha value is -1.97. The van der Waals surface area contributed by atoms with Crippen LogP contribution in [0.15, 0.2) is 45.9 Å². The molecule has 1 aliphatic rings. The van der Waals surface area contributed by atoms with Crippen molar-refractivity contribution in [2.24, 2.45) is 0 Å². The molecule has 1 saturated carbocycles. The van der Waals surface area contributed by atoms with Gasteiger partial charge in [-0.05, 0) is 53.0 Å². The third kappa shape index (κ3) is 4.15. The molecule has 1 fully saturated rings. The van der Waals surface area contributed by atoms with Crippen molar-refractivity contribution in [2.45, 2.75) is 43.0 Å². The van der Waals surface area contributed by atoms with Gasteiger partial charge in [0.25, 0.3) is 0 Å². The first kappa shape index (κ1) is 18.4. The van der Waals surface area contributed by atoms with Crippen molar-refractivity contribution in [1.82, 2.24) is 14.6 Å². The minimum absolute atomic E-state index is 0.363. The zero-order valence-corrected chi connectivity index (χ0v) is 17.0. The molecule has 3 N–H and O–H groups in total. The lowest BCUT2D eigenvalue weighted by Crippen LogP contribution is -2.23. The average molecular weight is 450 g/mol. The van der Waals surface area contributed by atoms with E-state index in [0.717, 1.165) is 40.3 Å². The summed E-state index contributed by atoms with van der Waals surface area (Å²) in [4.78, 5) is 5.06. The first-order valence-corrected chi connectivity index (χ1v) is 10.8. The second-order valence-electron chi connectivity index (χ2n) is 6.63. The predicted molar refractivity (Wildman–Crippen MR) is 110 cm³/mol. The molecule has 0 bridgehead atoms. The van der Waals surface area contributed by atoms with Crippen molar-refractivity contribution in [3.63, 3.8) is 0 Å². The summed E-state index contributed by atoms with van der Waals surface area (Å²) in [6, 6.07) is 9.17. The summed E-state index contributed by atoms with van der Waals surface area (Å²) < 4.78 is 22.8. The number of fused-ring (bicyclic) bond motifs is 1. The van der Waals surface area contributed by atoms with Crippen LogP contribution in [-0.4, -0.2) is 29.4 Å². The highest BCUT2D eigenvalue weighted by atomic mass is 79.9. The Bertz CT molecular complexity index is 970. The summed E-state index contributed by atoms with van der Waals surface area (Å²) in [5, 5.41) is 11.3. The Morgan fingerprint density at radius 3 is 2.63 bits per heavy atom. The fourth-order valence-electron chi connectivity index (χ4n) is 3.36. The molecule has 1 unspecified atom stereocenters. The van der Waals surface area contributed by atoms with E-state index < -0.39 is 11.1 Å². The largest absolute Gasteiger partial charge is 0.367 e. The van der Waals surface area contributed by atoms with Gasteiger partial charge in [0.05, 0.1) is 15.6 Å². The molecule has 2 heterocycles. The zero-order chi connectivity index (χ0) is 18.8. The lowest BCUT2D eigenvalue weighted by atomic mass is 9.95. The van der Waals surface area contributed by atoms with Crippen molar-refractivity contribution < 1.29 is 8.76 Å². The SMILES string of the molecule is O=S(O)c1ccc(Nc2cc(NC3CCCCC3)nc3c(Br)cnn23)cc1. The number of halogens is 1. The number of hydrogen-bond acceptors (Lipinski definition) is 5. The Balaban J connectivity index is 1.64. The molecule has 2 aromatic heterocycles.